The maximum atomic E-state index is 14.2. The Morgan fingerprint density at radius 1 is 0.902 bits per heavy atom. The predicted molar refractivity (Wildman–Crippen MR) is 163 cm³/mol. The number of methoxy groups -OCH3 is 1. The summed E-state index contributed by atoms with van der Waals surface area (Å²) in [7, 11) is -2.26. The van der Waals surface area contributed by atoms with Crippen molar-refractivity contribution >= 4 is 27.5 Å². The van der Waals surface area contributed by atoms with Crippen LogP contribution in [0.2, 0.25) is 0 Å². The lowest BCUT2D eigenvalue weighted by atomic mass is 10.0. The first-order valence-corrected chi connectivity index (χ1v) is 15.5. The van der Waals surface area contributed by atoms with Crippen molar-refractivity contribution in [3.63, 3.8) is 0 Å². The Labute approximate surface area is 244 Å². The molecule has 0 aliphatic rings. The number of sulfonamides is 1. The van der Waals surface area contributed by atoms with E-state index in [0.29, 0.717) is 18.0 Å². The quantitative estimate of drug-likeness (QED) is 0.322. The van der Waals surface area contributed by atoms with E-state index in [2.05, 4.69) is 5.32 Å². The highest BCUT2D eigenvalue weighted by molar-refractivity contribution is 7.92. The zero-order chi connectivity index (χ0) is 30.2. The molecule has 0 spiro atoms. The summed E-state index contributed by atoms with van der Waals surface area (Å²) in [4.78, 5) is 29.4. The average molecular weight is 580 g/mol. The fourth-order valence-electron chi connectivity index (χ4n) is 4.65. The largest absolute Gasteiger partial charge is 0.497 e. The van der Waals surface area contributed by atoms with Crippen LogP contribution in [-0.4, -0.2) is 57.6 Å². The number of aryl methyl sites for hydroxylation is 2. The van der Waals surface area contributed by atoms with Crippen molar-refractivity contribution in [2.75, 3.05) is 30.8 Å². The number of amides is 2. The van der Waals surface area contributed by atoms with Crippen LogP contribution in [0.3, 0.4) is 0 Å². The van der Waals surface area contributed by atoms with Gasteiger partial charge in [0.25, 0.3) is 0 Å². The molecular formula is C32H41N3O5S. The van der Waals surface area contributed by atoms with Gasteiger partial charge in [0.05, 0.1) is 19.1 Å². The molecule has 0 saturated carbocycles. The van der Waals surface area contributed by atoms with Gasteiger partial charge in [-0.2, -0.15) is 0 Å². The van der Waals surface area contributed by atoms with Crippen molar-refractivity contribution in [3.05, 3.63) is 95.1 Å². The summed E-state index contributed by atoms with van der Waals surface area (Å²) in [5.41, 5.74) is 3.80. The second-order valence-corrected chi connectivity index (χ2v) is 12.7. The maximum absolute atomic E-state index is 14.2. The average Bonchev–Trinajstić information content (AvgIpc) is 2.91. The number of nitrogens with zero attached hydrogens (tertiary/aromatic N) is 2. The minimum atomic E-state index is -3.82. The van der Waals surface area contributed by atoms with E-state index in [4.69, 9.17) is 4.74 Å². The number of rotatable bonds is 13. The maximum Gasteiger partial charge on any atom is 0.244 e. The molecule has 0 aromatic heterocycles. The van der Waals surface area contributed by atoms with Crippen LogP contribution >= 0.6 is 0 Å². The molecule has 0 aliphatic carbocycles. The van der Waals surface area contributed by atoms with E-state index >= 15 is 0 Å². The number of hydrogen-bond acceptors (Lipinski definition) is 5. The molecule has 9 heteroatoms. The van der Waals surface area contributed by atoms with Gasteiger partial charge in [-0.3, -0.25) is 13.9 Å². The van der Waals surface area contributed by atoms with Gasteiger partial charge >= 0.3 is 0 Å². The third-order valence-corrected chi connectivity index (χ3v) is 7.76. The van der Waals surface area contributed by atoms with Gasteiger partial charge in [0.2, 0.25) is 21.8 Å². The van der Waals surface area contributed by atoms with E-state index in [1.54, 1.807) is 25.3 Å². The number of nitrogens with one attached hydrogen (secondary N) is 1. The summed E-state index contributed by atoms with van der Waals surface area (Å²) < 4.78 is 32.5. The lowest BCUT2D eigenvalue weighted by Gasteiger charge is -2.34. The molecule has 8 nitrogen and oxygen atoms in total. The minimum Gasteiger partial charge on any atom is -0.497 e. The molecular weight excluding hydrogens is 538 g/mol. The van der Waals surface area contributed by atoms with Gasteiger partial charge in [-0.1, -0.05) is 62.4 Å². The van der Waals surface area contributed by atoms with Crippen molar-refractivity contribution in [2.45, 2.75) is 46.7 Å². The molecule has 2 amide bonds. The van der Waals surface area contributed by atoms with Gasteiger partial charge in [0.1, 0.15) is 18.3 Å². The highest BCUT2D eigenvalue weighted by Gasteiger charge is 2.33. The van der Waals surface area contributed by atoms with E-state index in [1.807, 2.05) is 82.3 Å². The van der Waals surface area contributed by atoms with Crippen LogP contribution < -0.4 is 14.4 Å². The number of ether oxygens (including phenoxy) is 1. The zero-order valence-corrected chi connectivity index (χ0v) is 25.6. The smallest absolute Gasteiger partial charge is 0.244 e. The normalized spacial score (nSPS) is 12.1. The number of benzene rings is 3. The highest BCUT2D eigenvalue weighted by Crippen LogP contribution is 2.23. The molecule has 1 atom stereocenters. The van der Waals surface area contributed by atoms with E-state index in [9.17, 15) is 18.0 Å². The Morgan fingerprint density at radius 2 is 1.54 bits per heavy atom. The molecule has 0 radical (unpaired) electrons. The lowest BCUT2D eigenvalue weighted by Crippen LogP contribution is -2.53. The topological polar surface area (TPSA) is 96.0 Å². The van der Waals surface area contributed by atoms with Gasteiger partial charge in [-0.25, -0.2) is 8.42 Å². The molecule has 220 valence electrons. The molecule has 3 rings (SSSR count). The molecule has 1 unspecified atom stereocenters. The van der Waals surface area contributed by atoms with Gasteiger partial charge in [-0.05, 0) is 66.3 Å². The molecule has 41 heavy (non-hydrogen) atoms. The van der Waals surface area contributed by atoms with Crippen molar-refractivity contribution < 1.29 is 22.7 Å². The van der Waals surface area contributed by atoms with Gasteiger partial charge in [0.15, 0.2) is 0 Å². The fourth-order valence-corrected chi connectivity index (χ4v) is 5.49. The van der Waals surface area contributed by atoms with Gasteiger partial charge in [-0.15, -0.1) is 0 Å². The van der Waals surface area contributed by atoms with Crippen molar-refractivity contribution in [1.82, 2.24) is 10.2 Å². The summed E-state index contributed by atoms with van der Waals surface area (Å²) >= 11 is 0. The second-order valence-electron chi connectivity index (χ2n) is 10.8. The summed E-state index contributed by atoms with van der Waals surface area (Å²) in [6.45, 7) is 7.84. The van der Waals surface area contributed by atoms with Crippen LogP contribution in [-0.2, 0) is 32.6 Å². The predicted octanol–water partition coefficient (Wildman–Crippen LogP) is 4.49. The molecule has 3 aromatic carbocycles. The Hall–Kier alpha value is -3.85. The molecule has 0 bridgehead atoms. The molecule has 0 fully saturated rings. The third kappa shape index (κ3) is 9.35. The number of carbonyl (C=O) groups excluding carboxylic acids is 2. The fraction of sp³-hybridized carbons (Fsp3) is 0.375. The summed E-state index contributed by atoms with van der Waals surface area (Å²) in [5.74, 6) is 0.0463. The van der Waals surface area contributed by atoms with Gasteiger partial charge < -0.3 is 15.0 Å². The minimum absolute atomic E-state index is 0.0904. The summed E-state index contributed by atoms with van der Waals surface area (Å²) in [6.07, 6.45) is 1.35. The Kier molecular flexibility index (Phi) is 10.9. The molecule has 3 aromatic rings. The van der Waals surface area contributed by atoms with Crippen LogP contribution in [0.4, 0.5) is 5.69 Å². The second kappa shape index (κ2) is 14.2. The summed E-state index contributed by atoms with van der Waals surface area (Å²) in [6, 6.07) is 21.3. The first kappa shape index (κ1) is 31.7. The van der Waals surface area contributed by atoms with Crippen molar-refractivity contribution in [1.29, 1.82) is 0 Å². The van der Waals surface area contributed by atoms with Gasteiger partial charge in [0, 0.05) is 19.5 Å². The van der Waals surface area contributed by atoms with E-state index in [1.165, 1.54) is 4.90 Å². The first-order valence-electron chi connectivity index (χ1n) is 13.7. The van der Waals surface area contributed by atoms with E-state index in [-0.39, 0.29) is 24.8 Å². The highest BCUT2D eigenvalue weighted by atomic mass is 32.2. The van der Waals surface area contributed by atoms with Crippen molar-refractivity contribution in [3.8, 4) is 5.75 Å². The molecule has 0 heterocycles. The van der Waals surface area contributed by atoms with E-state index < -0.39 is 28.5 Å². The third-order valence-electron chi connectivity index (χ3n) is 6.62. The van der Waals surface area contributed by atoms with Crippen LogP contribution in [0.15, 0.2) is 72.8 Å². The Balaban J connectivity index is 2.08. The van der Waals surface area contributed by atoms with E-state index in [0.717, 1.165) is 32.8 Å². The number of hydrogen-bond donors (Lipinski definition) is 1. The first-order chi connectivity index (χ1) is 19.4. The molecule has 1 N–H and O–H groups in total. The number of anilines is 1. The van der Waals surface area contributed by atoms with Crippen LogP contribution in [0.5, 0.6) is 5.75 Å². The Morgan fingerprint density at radius 3 is 2.12 bits per heavy atom. The lowest BCUT2D eigenvalue weighted by molar-refractivity contribution is -0.140. The van der Waals surface area contributed by atoms with Crippen molar-refractivity contribution in [2.24, 2.45) is 5.92 Å². The van der Waals surface area contributed by atoms with Crippen LogP contribution in [0.1, 0.15) is 36.1 Å². The molecule has 0 saturated heterocycles. The monoisotopic (exact) mass is 579 g/mol. The molecule has 0 aliphatic heterocycles. The van der Waals surface area contributed by atoms with Crippen LogP contribution in [0.25, 0.3) is 0 Å². The zero-order valence-electron chi connectivity index (χ0n) is 24.8. The number of carbonyl (C=O) groups is 2. The Bertz CT molecular complexity index is 1420. The van der Waals surface area contributed by atoms with Crippen LogP contribution in [0, 0.1) is 19.8 Å². The SMILES string of the molecule is COc1cccc(CN(C(=O)CN(c2cc(C)cc(C)c2)S(C)(=O)=O)C(Cc2ccccc2)C(=O)NCC(C)C)c1. The summed E-state index contributed by atoms with van der Waals surface area (Å²) in [5, 5.41) is 2.99. The standard InChI is InChI=1S/C32H41N3O5S/c1-23(2)20-33-32(37)30(19-26-11-8-7-9-12-26)34(21-27-13-10-14-29(18-27)40-5)31(36)22-35(41(6,38)39)28-16-24(3)15-25(4)17-28/h7-18,23,30H,19-22H2,1-6H3,(H,33,37).